The molecule has 4 aliphatic carbocycles. The van der Waals surface area contributed by atoms with Gasteiger partial charge in [0.15, 0.2) is 23.2 Å². The first-order valence-corrected chi connectivity index (χ1v) is 29.3. The summed E-state index contributed by atoms with van der Waals surface area (Å²) in [5.41, 5.74) is 1.91. The number of likely N-dealkylation sites (N-methyl/N-ethyl adjacent to an activating group) is 2. The Morgan fingerprint density at radius 1 is 0.675 bits per heavy atom. The number of aromatic nitrogens is 5. The smallest absolute Gasteiger partial charge is 0.276 e. The number of amides is 6. The molecular weight excluding hydrogens is 1030 g/mol. The Kier molecular flexibility index (Phi) is 12.5. The van der Waals surface area contributed by atoms with Crippen LogP contribution in [0.4, 0.5) is 11.6 Å². The third kappa shape index (κ3) is 8.25. The SMILES string of the molecule is CCC(=O)N[C@@H]1C(=O)N(CC)c2c(c(C(=O)N3[C@H](C#N)C[C@H]4C[C@H]43)nn2C2CCOC(C3COc4ncc(C(=O)N[C@@H]5C(=O)N(CC)c6c(c(C(=O)N7[C@H](C#N)C[C@H]8C[C@H]87)nn6C6CCOCC6)[C@@H]5C5CC5)cc4O3)C2)[C@@H]1C1CC1. The highest BCUT2D eigenvalue weighted by Crippen LogP contribution is 2.56. The van der Waals surface area contributed by atoms with Gasteiger partial charge in [0.1, 0.15) is 42.4 Å². The molecule has 23 heteroatoms. The van der Waals surface area contributed by atoms with Gasteiger partial charge in [0.25, 0.3) is 35.4 Å². The molecule has 420 valence electrons. The molecule has 4 saturated carbocycles. The van der Waals surface area contributed by atoms with Crippen molar-refractivity contribution >= 4 is 47.1 Å². The van der Waals surface area contributed by atoms with E-state index in [1.165, 1.54) is 6.20 Å². The van der Waals surface area contributed by atoms with Crippen LogP contribution in [0.5, 0.6) is 11.6 Å². The minimum Gasteiger partial charge on any atom is -0.478 e. The maximum Gasteiger partial charge on any atom is 0.276 e. The Bertz CT molecular complexity index is 3190. The van der Waals surface area contributed by atoms with Crippen LogP contribution in [0.25, 0.3) is 0 Å². The van der Waals surface area contributed by atoms with E-state index in [-0.39, 0.29) is 126 Å². The molecule has 0 bridgehead atoms. The number of nitrogens with one attached hydrogen (secondary N) is 2. The van der Waals surface area contributed by atoms with Crippen molar-refractivity contribution in [3.63, 3.8) is 0 Å². The van der Waals surface area contributed by atoms with Crippen LogP contribution in [0.3, 0.4) is 0 Å². The van der Waals surface area contributed by atoms with Crippen LogP contribution in [-0.2, 0) is 23.9 Å². The number of carbonyl (C=O) groups is 6. The second kappa shape index (κ2) is 19.6. The molecule has 3 aromatic rings. The third-order valence-corrected chi connectivity index (χ3v) is 19.3. The lowest BCUT2D eigenvalue weighted by Gasteiger charge is -2.40. The van der Waals surface area contributed by atoms with Gasteiger partial charge < -0.3 is 39.4 Å². The van der Waals surface area contributed by atoms with Gasteiger partial charge in [-0.15, -0.1) is 0 Å². The highest BCUT2D eigenvalue weighted by molar-refractivity contribution is 6.08. The van der Waals surface area contributed by atoms with Crippen molar-refractivity contribution in [2.24, 2.45) is 23.7 Å². The summed E-state index contributed by atoms with van der Waals surface area (Å²) in [6.07, 6.45) is 8.74. The predicted molar refractivity (Wildman–Crippen MR) is 280 cm³/mol. The van der Waals surface area contributed by atoms with E-state index in [4.69, 9.17) is 29.1 Å². The Hall–Kier alpha value is -7.11. The zero-order valence-electron chi connectivity index (χ0n) is 45.3. The van der Waals surface area contributed by atoms with Gasteiger partial charge in [-0.1, -0.05) is 6.92 Å². The van der Waals surface area contributed by atoms with Crippen molar-refractivity contribution in [1.82, 2.24) is 45.0 Å². The van der Waals surface area contributed by atoms with Crippen molar-refractivity contribution in [3.05, 3.63) is 40.3 Å². The quantitative estimate of drug-likeness (QED) is 0.244. The number of ether oxygens (including phenoxy) is 4. The first-order valence-electron chi connectivity index (χ1n) is 29.3. The van der Waals surface area contributed by atoms with E-state index in [0.717, 1.165) is 38.5 Å². The standard InChI is InChI=1S/C57H67N13O10/c1-4-41(71)61-46-42(27-7-8-27)44-49(57(76)68-35(24-59)18-30-20-37(30)68)64-70(53(44)66(6-3)54(46)73)33-13-16-78-38(22-33)40-26-79-51-39(80-40)21-31(25-60-51)50(72)62-47-43(28-9-10-28)45-48(56(75)67-34(23-58)17-29-19-36(29)67)63-69(32-11-14-77-15-12-32)52(45)65(5-2)55(47)74/h21,25,27-30,32-38,40,42-43,46-47H,4-20,22,26H2,1-3H3,(H,61,71)(H,62,72)/t29-,30-,33?,34-,35-,36+,37+,38?,40?,42-,43-,46-,47-/m0/s1. The van der Waals surface area contributed by atoms with Gasteiger partial charge in [-0.3, -0.25) is 38.6 Å². The molecule has 2 N–H and O–H groups in total. The number of piperidine rings is 2. The Morgan fingerprint density at radius 2 is 1.23 bits per heavy atom. The monoisotopic (exact) mass is 1090 g/mol. The van der Waals surface area contributed by atoms with Crippen molar-refractivity contribution in [1.29, 1.82) is 10.5 Å². The van der Waals surface area contributed by atoms with Crippen LogP contribution >= 0.6 is 0 Å². The van der Waals surface area contributed by atoms with E-state index >= 15 is 0 Å². The number of anilines is 2. The molecule has 10 heterocycles. The van der Waals surface area contributed by atoms with Gasteiger partial charge in [0.05, 0.1) is 35.9 Å². The van der Waals surface area contributed by atoms with Gasteiger partial charge in [-0.25, -0.2) is 14.3 Å². The molecule has 3 aromatic heterocycles. The summed E-state index contributed by atoms with van der Waals surface area (Å²) in [6.45, 7) is 7.44. The molecule has 11 aliphatic rings. The Balaban J connectivity index is 0.744. The Labute approximate surface area is 462 Å². The summed E-state index contributed by atoms with van der Waals surface area (Å²) < 4.78 is 28.7. The molecule has 8 fully saturated rings. The number of hydrogen-bond donors (Lipinski definition) is 2. The summed E-state index contributed by atoms with van der Waals surface area (Å²) in [7, 11) is 0. The zero-order chi connectivity index (χ0) is 55.0. The summed E-state index contributed by atoms with van der Waals surface area (Å²) >= 11 is 0. The molecule has 6 amide bonds. The molecule has 0 radical (unpaired) electrons. The van der Waals surface area contributed by atoms with Gasteiger partial charge in [0, 0.05) is 86.6 Å². The fourth-order valence-corrected chi connectivity index (χ4v) is 14.9. The maximum atomic E-state index is 15.0. The van der Waals surface area contributed by atoms with Crippen LogP contribution in [0.15, 0.2) is 12.3 Å². The molecule has 7 aliphatic heterocycles. The fourth-order valence-electron chi connectivity index (χ4n) is 14.9. The van der Waals surface area contributed by atoms with Crippen LogP contribution < -0.4 is 29.9 Å². The first-order chi connectivity index (χ1) is 38.9. The predicted octanol–water partition coefficient (Wildman–Crippen LogP) is 4.05. The fraction of sp³-hybridized carbons (Fsp3) is 0.667. The van der Waals surface area contributed by atoms with E-state index in [0.29, 0.717) is 87.0 Å². The summed E-state index contributed by atoms with van der Waals surface area (Å²) in [4.78, 5) is 98.4. The Morgan fingerprint density at radius 3 is 1.76 bits per heavy atom. The summed E-state index contributed by atoms with van der Waals surface area (Å²) in [5.74, 6) is -0.861. The number of pyridine rings is 1. The largest absolute Gasteiger partial charge is 0.478 e. The molecular formula is C57H67N13O10. The number of fused-ring (bicyclic) bond motifs is 5. The number of likely N-dealkylation sites (tertiary alicyclic amines) is 2. The molecule has 0 aromatic carbocycles. The van der Waals surface area contributed by atoms with E-state index in [1.54, 1.807) is 32.6 Å². The minimum absolute atomic E-state index is 0.000237. The normalized spacial score (nSPS) is 33.0. The summed E-state index contributed by atoms with van der Waals surface area (Å²) in [6, 6.07) is 2.69. The highest BCUT2D eigenvalue weighted by Gasteiger charge is 2.60. The lowest BCUT2D eigenvalue weighted by Crippen LogP contribution is -2.56. The molecule has 4 saturated heterocycles. The third-order valence-electron chi connectivity index (χ3n) is 19.3. The molecule has 13 atom stereocenters. The van der Waals surface area contributed by atoms with Gasteiger partial charge in [0.2, 0.25) is 5.91 Å². The average Bonchev–Trinajstić information content (AvgIpc) is 4.57. The highest BCUT2D eigenvalue weighted by atomic mass is 16.6. The van der Waals surface area contributed by atoms with Crippen LogP contribution in [-0.4, -0.2) is 158 Å². The number of nitriles is 2. The number of hydrogen-bond acceptors (Lipinski definition) is 15. The lowest BCUT2D eigenvalue weighted by atomic mass is 9.82. The van der Waals surface area contributed by atoms with Gasteiger partial charge in [-0.05, 0) is 115 Å². The molecule has 3 unspecified atom stereocenters. The van der Waals surface area contributed by atoms with E-state index in [9.17, 15) is 39.3 Å². The topological polar surface area (TPSA) is 272 Å². The van der Waals surface area contributed by atoms with Crippen LogP contribution in [0.2, 0.25) is 0 Å². The van der Waals surface area contributed by atoms with Crippen molar-refractivity contribution in [2.45, 2.75) is 177 Å². The van der Waals surface area contributed by atoms with Crippen LogP contribution in [0, 0.1) is 46.3 Å². The van der Waals surface area contributed by atoms with Crippen molar-refractivity contribution < 1.29 is 47.7 Å². The number of rotatable bonds is 13. The molecule has 23 nitrogen and oxygen atoms in total. The van der Waals surface area contributed by atoms with Crippen LogP contribution in [0.1, 0.15) is 171 Å². The lowest BCUT2D eigenvalue weighted by molar-refractivity contribution is -0.128. The second-order valence-corrected chi connectivity index (χ2v) is 24.0. The second-order valence-electron chi connectivity index (χ2n) is 24.0. The molecule has 14 rings (SSSR count). The van der Waals surface area contributed by atoms with Crippen molar-refractivity contribution in [2.75, 3.05) is 49.3 Å². The minimum atomic E-state index is -1.04. The van der Waals surface area contributed by atoms with Crippen molar-refractivity contribution in [3.8, 4) is 23.8 Å². The maximum absolute atomic E-state index is 15.0. The van der Waals surface area contributed by atoms with Gasteiger partial charge >= 0.3 is 0 Å². The molecule has 80 heavy (non-hydrogen) atoms. The zero-order valence-corrected chi connectivity index (χ0v) is 45.3. The summed E-state index contributed by atoms with van der Waals surface area (Å²) in [5, 5.41) is 36.8. The average molecular weight is 1090 g/mol. The number of carbonyl (C=O) groups excluding carboxylic acids is 6. The number of nitrogens with zero attached hydrogens (tertiary/aromatic N) is 11. The molecule has 0 spiro atoms. The van der Waals surface area contributed by atoms with E-state index in [2.05, 4.69) is 27.8 Å². The first kappa shape index (κ1) is 51.1. The van der Waals surface area contributed by atoms with E-state index in [1.807, 2.05) is 23.2 Å². The van der Waals surface area contributed by atoms with Gasteiger partial charge in [-0.2, -0.15) is 20.7 Å². The van der Waals surface area contributed by atoms with E-state index < -0.39 is 54.1 Å².